The van der Waals surface area contributed by atoms with Crippen LogP contribution in [0.25, 0.3) is 0 Å². The van der Waals surface area contributed by atoms with Gasteiger partial charge in [0.25, 0.3) is 5.69 Å². The number of hydrogen-bond acceptors (Lipinski definition) is 4. The van der Waals surface area contributed by atoms with Crippen LogP contribution in [-0.2, 0) is 0 Å². The average molecular weight is 208 g/mol. The van der Waals surface area contributed by atoms with Gasteiger partial charge in [0.2, 0.25) is 0 Å². The number of aryl methyl sites for hydroxylation is 1. The summed E-state index contributed by atoms with van der Waals surface area (Å²) in [7, 11) is 0. The molecule has 2 rings (SSSR count). The Morgan fingerprint density at radius 3 is 3.00 bits per heavy atom. The lowest BCUT2D eigenvalue weighted by Crippen LogP contribution is -2.22. The molecule has 2 N–H and O–H groups in total. The fourth-order valence-electron chi connectivity index (χ4n) is 1.84. The summed E-state index contributed by atoms with van der Waals surface area (Å²) in [6.07, 6.45) is 0.622. The Hall–Kier alpha value is -1.62. The van der Waals surface area contributed by atoms with Crippen molar-refractivity contribution in [2.45, 2.75) is 19.4 Å². The van der Waals surface area contributed by atoms with Crippen LogP contribution in [-0.4, -0.2) is 11.5 Å². The van der Waals surface area contributed by atoms with Gasteiger partial charge in [-0.1, -0.05) is 0 Å². The zero-order chi connectivity index (χ0) is 11.0. The molecule has 1 aromatic carbocycles. The number of ether oxygens (including phenoxy) is 1. The number of hydrogen-bond donors (Lipinski definition) is 1. The van der Waals surface area contributed by atoms with E-state index in [1.807, 2.05) is 6.92 Å². The number of rotatable bonds is 1. The predicted octanol–water partition coefficient (Wildman–Crippen LogP) is 1.69. The third kappa shape index (κ3) is 1.55. The summed E-state index contributed by atoms with van der Waals surface area (Å²) in [6, 6.07) is 2.88. The van der Waals surface area contributed by atoms with Gasteiger partial charge in [-0.2, -0.15) is 0 Å². The molecule has 0 bridgehead atoms. The van der Waals surface area contributed by atoms with Crippen LogP contribution in [0.15, 0.2) is 12.1 Å². The molecule has 0 aliphatic carbocycles. The molecule has 5 nitrogen and oxygen atoms in total. The van der Waals surface area contributed by atoms with E-state index in [1.54, 1.807) is 6.07 Å². The first-order chi connectivity index (χ1) is 7.11. The van der Waals surface area contributed by atoms with E-state index in [1.165, 1.54) is 6.07 Å². The van der Waals surface area contributed by atoms with Gasteiger partial charge in [0.1, 0.15) is 5.75 Å². The van der Waals surface area contributed by atoms with E-state index in [0.717, 1.165) is 5.56 Å². The van der Waals surface area contributed by atoms with Gasteiger partial charge in [0.05, 0.1) is 17.1 Å². The van der Waals surface area contributed by atoms with E-state index in [9.17, 15) is 10.1 Å². The van der Waals surface area contributed by atoms with Gasteiger partial charge in [0, 0.05) is 18.5 Å². The fourth-order valence-corrected chi connectivity index (χ4v) is 1.84. The quantitative estimate of drug-likeness (QED) is 0.562. The largest absolute Gasteiger partial charge is 0.493 e. The van der Waals surface area contributed by atoms with E-state index in [-0.39, 0.29) is 11.7 Å². The molecule has 0 radical (unpaired) electrons. The molecule has 0 spiro atoms. The molecule has 0 unspecified atom stereocenters. The van der Waals surface area contributed by atoms with Crippen molar-refractivity contribution in [2.24, 2.45) is 5.73 Å². The van der Waals surface area contributed by atoms with Gasteiger partial charge >= 0.3 is 0 Å². The third-order valence-electron chi connectivity index (χ3n) is 2.61. The lowest BCUT2D eigenvalue weighted by Gasteiger charge is -2.23. The molecule has 1 heterocycles. The van der Waals surface area contributed by atoms with Crippen LogP contribution in [0.1, 0.15) is 23.6 Å². The number of nitro groups is 1. The smallest absolute Gasteiger partial charge is 0.277 e. The number of nitrogens with two attached hydrogens (primary N) is 1. The van der Waals surface area contributed by atoms with E-state index in [0.29, 0.717) is 24.3 Å². The molecule has 0 saturated carbocycles. The molecule has 0 aromatic heterocycles. The number of nitrogens with zero attached hydrogens (tertiary/aromatic N) is 1. The molecule has 15 heavy (non-hydrogen) atoms. The Morgan fingerprint density at radius 2 is 2.33 bits per heavy atom. The second-order valence-electron chi connectivity index (χ2n) is 3.65. The van der Waals surface area contributed by atoms with Crippen molar-refractivity contribution in [3.8, 4) is 5.75 Å². The first-order valence-electron chi connectivity index (χ1n) is 4.77. The normalized spacial score (nSPS) is 19.2. The van der Waals surface area contributed by atoms with E-state index in [4.69, 9.17) is 10.5 Å². The Balaban J connectivity index is 2.65. The van der Waals surface area contributed by atoms with Gasteiger partial charge in [-0.25, -0.2) is 0 Å². The average Bonchev–Trinajstić information content (AvgIpc) is 2.19. The van der Waals surface area contributed by atoms with Crippen molar-refractivity contribution in [3.05, 3.63) is 33.4 Å². The van der Waals surface area contributed by atoms with Gasteiger partial charge in [0.15, 0.2) is 0 Å². The Labute approximate surface area is 87.0 Å². The molecular formula is C10H12N2O3. The summed E-state index contributed by atoms with van der Waals surface area (Å²) >= 11 is 0. The highest BCUT2D eigenvalue weighted by atomic mass is 16.6. The van der Waals surface area contributed by atoms with Crippen LogP contribution in [0.3, 0.4) is 0 Å². The Bertz CT molecular complexity index is 417. The second-order valence-corrected chi connectivity index (χ2v) is 3.65. The van der Waals surface area contributed by atoms with Crippen molar-refractivity contribution >= 4 is 5.69 Å². The van der Waals surface area contributed by atoms with Crippen molar-refractivity contribution in [2.75, 3.05) is 6.61 Å². The molecule has 1 aliphatic heterocycles. The molecule has 80 valence electrons. The Kier molecular flexibility index (Phi) is 2.32. The standard InChI is InChI=1S/C10H12N2O3/c1-6-2-3-8(12(13)14)9-7(11)4-5-15-10(6)9/h2-3,7H,4-5,11H2,1H3/t7-/m0/s1. The number of nitro benzene ring substituents is 1. The fraction of sp³-hybridized carbons (Fsp3) is 0.400. The van der Waals surface area contributed by atoms with Gasteiger partial charge < -0.3 is 10.5 Å². The third-order valence-corrected chi connectivity index (χ3v) is 2.61. The molecule has 0 saturated heterocycles. The lowest BCUT2D eigenvalue weighted by atomic mass is 9.97. The first-order valence-corrected chi connectivity index (χ1v) is 4.77. The maximum absolute atomic E-state index is 10.8. The summed E-state index contributed by atoms with van der Waals surface area (Å²) in [6.45, 7) is 2.39. The number of fused-ring (bicyclic) bond motifs is 1. The molecule has 0 amide bonds. The minimum Gasteiger partial charge on any atom is -0.493 e. The topological polar surface area (TPSA) is 78.4 Å². The summed E-state index contributed by atoms with van der Waals surface area (Å²) in [5.41, 5.74) is 7.36. The first kappa shape index (κ1) is 9.92. The van der Waals surface area contributed by atoms with E-state index >= 15 is 0 Å². The maximum Gasteiger partial charge on any atom is 0.277 e. The summed E-state index contributed by atoms with van der Waals surface area (Å²) < 4.78 is 5.43. The van der Waals surface area contributed by atoms with Gasteiger partial charge in [-0.15, -0.1) is 0 Å². The molecule has 1 atom stereocenters. The Morgan fingerprint density at radius 1 is 1.60 bits per heavy atom. The van der Waals surface area contributed by atoms with Crippen molar-refractivity contribution in [1.82, 2.24) is 0 Å². The van der Waals surface area contributed by atoms with Gasteiger partial charge in [-0.3, -0.25) is 10.1 Å². The SMILES string of the molecule is Cc1ccc([N+](=O)[O-])c2c1OCC[C@@H]2N. The van der Waals surface area contributed by atoms with Crippen LogP contribution < -0.4 is 10.5 Å². The molecule has 1 aliphatic rings. The highest BCUT2D eigenvalue weighted by Gasteiger charge is 2.28. The molecule has 5 heteroatoms. The van der Waals surface area contributed by atoms with Crippen molar-refractivity contribution < 1.29 is 9.66 Å². The molecule has 1 aromatic rings. The van der Waals surface area contributed by atoms with E-state index < -0.39 is 4.92 Å². The van der Waals surface area contributed by atoms with Crippen LogP contribution in [0.5, 0.6) is 5.75 Å². The zero-order valence-electron chi connectivity index (χ0n) is 8.40. The van der Waals surface area contributed by atoms with Crippen LogP contribution in [0.2, 0.25) is 0 Å². The predicted molar refractivity (Wildman–Crippen MR) is 54.9 cm³/mol. The van der Waals surface area contributed by atoms with Crippen molar-refractivity contribution in [3.63, 3.8) is 0 Å². The minimum absolute atomic E-state index is 0.0581. The second kappa shape index (κ2) is 3.51. The summed E-state index contributed by atoms with van der Waals surface area (Å²) in [4.78, 5) is 10.4. The zero-order valence-corrected chi connectivity index (χ0v) is 8.40. The van der Waals surface area contributed by atoms with Crippen LogP contribution >= 0.6 is 0 Å². The van der Waals surface area contributed by atoms with Crippen LogP contribution in [0.4, 0.5) is 5.69 Å². The minimum atomic E-state index is -0.410. The van der Waals surface area contributed by atoms with E-state index in [2.05, 4.69) is 0 Å². The highest BCUT2D eigenvalue weighted by molar-refractivity contribution is 5.55. The van der Waals surface area contributed by atoms with Gasteiger partial charge in [-0.05, 0) is 18.6 Å². The van der Waals surface area contributed by atoms with Crippen molar-refractivity contribution in [1.29, 1.82) is 0 Å². The summed E-state index contributed by atoms with van der Waals surface area (Å²) in [5.74, 6) is 0.586. The molecular weight excluding hydrogens is 196 g/mol. The molecule has 0 fully saturated rings. The maximum atomic E-state index is 10.8. The lowest BCUT2D eigenvalue weighted by molar-refractivity contribution is -0.385. The monoisotopic (exact) mass is 208 g/mol. The number of benzene rings is 1. The summed E-state index contributed by atoms with van der Waals surface area (Å²) in [5, 5.41) is 10.8. The van der Waals surface area contributed by atoms with Crippen LogP contribution in [0, 0.1) is 17.0 Å². The highest BCUT2D eigenvalue weighted by Crippen LogP contribution is 2.39.